The zero-order valence-electron chi connectivity index (χ0n) is 10.7. The zero-order chi connectivity index (χ0) is 13.8. The summed E-state index contributed by atoms with van der Waals surface area (Å²) in [5, 5.41) is 8.55. The van der Waals surface area contributed by atoms with Gasteiger partial charge in [-0.05, 0) is 23.8 Å². The van der Waals surface area contributed by atoms with E-state index in [1.54, 1.807) is 18.0 Å². The molecule has 2 rings (SSSR count). The van der Waals surface area contributed by atoms with Crippen LogP contribution in [0, 0.1) is 0 Å². The molecule has 1 fully saturated rings. The van der Waals surface area contributed by atoms with E-state index in [1.807, 2.05) is 29.2 Å². The molecular weight excluding hydrogens is 244 g/mol. The maximum absolute atomic E-state index is 11.6. The number of aliphatic carboxylic acids is 1. The Morgan fingerprint density at radius 3 is 2.53 bits per heavy atom. The molecule has 1 heterocycles. The van der Waals surface area contributed by atoms with E-state index < -0.39 is 5.97 Å². The fourth-order valence-electron chi connectivity index (χ4n) is 1.94. The average molecular weight is 260 g/mol. The first-order chi connectivity index (χ1) is 9.06. The molecule has 1 aliphatic heterocycles. The number of carbonyl (C=O) groups is 2. The van der Waals surface area contributed by atoms with Gasteiger partial charge < -0.3 is 14.9 Å². The minimum atomic E-state index is -0.964. The van der Waals surface area contributed by atoms with Crippen LogP contribution < -0.4 is 4.90 Å². The van der Waals surface area contributed by atoms with Crippen molar-refractivity contribution in [3.8, 4) is 0 Å². The third-order valence-corrected chi connectivity index (χ3v) is 3.13. The van der Waals surface area contributed by atoms with E-state index in [-0.39, 0.29) is 5.91 Å². The van der Waals surface area contributed by atoms with Gasteiger partial charge in [-0.2, -0.15) is 0 Å². The number of hydrogen-bond donors (Lipinski definition) is 1. The van der Waals surface area contributed by atoms with Gasteiger partial charge in [-0.25, -0.2) is 4.79 Å². The van der Waals surface area contributed by atoms with Gasteiger partial charge in [-0.3, -0.25) is 4.79 Å². The van der Waals surface area contributed by atoms with E-state index in [1.165, 1.54) is 0 Å². The minimum absolute atomic E-state index is 0.112. The highest BCUT2D eigenvalue weighted by molar-refractivity contribution is 5.85. The first-order valence-corrected chi connectivity index (χ1v) is 6.06. The van der Waals surface area contributed by atoms with Crippen LogP contribution in [-0.4, -0.2) is 48.6 Å². The number of rotatable bonds is 3. The zero-order valence-corrected chi connectivity index (χ0v) is 10.7. The molecular formula is C14H16N2O3. The van der Waals surface area contributed by atoms with Gasteiger partial charge in [-0.15, -0.1) is 0 Å². The Kier molecular flexibility index (Phi) is 3.85. The third kappa shape index (κ3) is 3.34. The van der Waals surface area contributed by atoms with Crippen molar-refractivity contribution in [3.63, 3.8) is 0 Å². The Bertz CT molecular complexity index is 508. The predicted octanol–water partition coefficient (Wildman–Crippen LogP) is 1.06. The molecule has 0 unspecified atom stereocenters. The lowest BCUT2D eigenvalue weighted by molar-refractivity contribution is -0.131. The molecule has 1 N–H and O–H groups in total. The number of likely N-dealkylation sites (N-methyl/N-ethyl adjacent to an activating group) is 1. The fraction of sp³-hybridized carbons (Fsp3) is 0.286. The topological polar surface area (TPSA) is 60.9 Å². The van der Waals surface area contributed by atoms with Crippen LogP contribution in [0.1, 0.15) is 5.56 Å². The van der Waals surface area contributed by atoms with Crippen molar-refractivity contribution in [3.05, 3.63) is 35.9 Å². The van der Waals surface area contributed by atoms with Crippen LogP contribution in [0.2, 0.25) is 0 Å². The maximum Gasteiger partial charge on any atom is 0.328 e. The van der Waals surface area contributed by atoms with E-state index in [9.17, 15) is 9.59 Å². The van der Waals surface area contributed by atoms with Crippen molar-refractivity contribution < 1.29 is 14.7 Å². The first-order valence-electron chi connectivity index (χ1n) is 6.06. The summed E-state index contributed by atoms with van der Waals surface area (Å²) >= 11 is 0. The van der Waals surface area contributed by atoms with Crippen molar-refractivity contribution >= 4 is 23.6 Å². The monoisotopic (exact) mass is 260 g/mol. The Morgan fingerprint density at radius 2 is 1.95 bits per heavy atom. The Balaban J connectivity index is 2.06. The smallest absolute Gasteiger partial charge is 0.328 e. The molecule has 1 saturated heterocycles. The lowest BCUT2D eigenvalue weighted by atomic mass is 10.1. The van der Waals surface area contributed by atoms with Crippen LogP contribution in [0.5, 0.6) is 0 Å². The molecule has 100 valence electrons. The van der Waals surface area contributed by atoms with Gasteiger partial charge in [0.1, 0.15) is 0 Å². The van der Waals surface area contributed by atoms with Crippen LogP contribution in [0.15, 0.2) is 30.3 Å². The normalized spacial score (nSPS) is 16.2. The van der Waals surface area contributed by atoms with E-state index >= 15 is 0 Å². The number of nitrogens with zero attached hydrogens (tertiary/aromatic N) is 2. The number of amides is 1. The van der Waals surface area contributed by atoms with Crippen molar-refractivity contribution in [2.24, 2.45) is 0 Å². The summed E-state index contributed by atoms with van der Waals surface area (Å²) in [6.45, 7) is 1.92. The van der Waals surface area contributed by atoms with Crippen LogP contribution in [0.25, 0.3) is 6.08 Å². The molecule has 19 heavy (non-hydrogen) atoms. The molecule has 0 aliphatic carbocycles. The third-order valence-electron chi connectivity index (χ3n) is 3.13. The molecule has 0 atom stereocenters. The fourth-order valence-corrected chi connectivity index (χ4v) is 1.94. The Labute approximate surface area is 111 Å². The van der Waals surface area contributed by atoms with E-state index in [2.05, 4.69) is 0 Å². The van der Waals surface area contributed by atoms with Gasteiger partial charge in [0.05, 0.1) is 6.54 Å². The maximum atomic E-state index is 11.6. The summed E-state index contributed by atoms with van der Waals surface area (Å²) < 4.78 is 0. The average Bonchev–Trinajstić information content (AvgIpc) is 2.40. The van der Waals surface area contributed by atoms with Crippen LogP contribution in [0.4, 0.5) is 5.69 Å². The molecule has 0 spiro atoms. The lowest BCUT2D eigenvalue weighted by Crippen LogP contribution is -2.48. The molecule has 0 saturated carbocycles. The summed E-state index contributed by atoms with van der Waals surface area (Å²) in [7, 11) is 1.81. The minimum Gasteiger partial charge on any atom is -0.478 e. The van der Waals surface area contributed by atoms with Crippen molar-refractivity contribution in [2.45, 2.75) is 0 Å². The molecule has 1 aromatic rings. The number of carboxylic acid groups (broad SMARTS) is 1. The molecule has 1 amide bonds. The number of carboxylic acids is 1. The number of anilines is 1. The van der Waals surface area contributed by atoms with Gasteiger partial charge in [0.25, 0.3) is 0 Å². The number of carbonyl (C=O) groups excluding carboxylic acids is 1. The summed E-state index contributed by atoms with van der Waals surface area (Å²) in [6, 6.07) is 7.50. The molecule has 1 aliphatic rings. The van der Waals surface area contributed by atoms with Gasteiger partial charge in [-0.1, -0.05) is 12.1 Å². The van der Waals surface area contributed by atoms with Crippen LogP contribution in [0.3, 0.4) is 0 Å². The van der Waals surface area contributed by atoms with E-state index in [0.717, 1.165) is 30.4 Å². The first kappa shape index (κ1) is 13.1. The summed E-state index contributed by atoms with van der Waals surface area (Å²) in [5.74, 6) is -0.852. The van der Waals surface area contributed by atoms with E-state index in [0.29, 0.717) is 6.54 Å². The lowest BCUT2D eigenvalue weighted by Gasteiger charge is -2.33. The number of benzene rings is 1. The van der Waals surface area contributed by atoms with Crippen LogP contribution in [-0.2, 0) is 9.59 Å². The molecule has 5 nitrogen and oxygen atoms in total. The summed E-state index contributed by atoms with van der Waals surface area (Å²) in [6.07, 6.45) is 2.65. The largest absolute Gasteiger partial charge is 0.478 e. The van der Waals surface area contributed by atoms with Gasteiger partial charge in [0, 0.05) is 31.9 Å². The van der Waals surface area contributed by atoms with Gasteiger partial charge in [0.2, 0.25) is 5.91 Å². The number of hydrogen-bond acceptors (Lipinski definition) is 3. The van der Waals surface area contributed by atoms with Crippen molar-refractivity contribution in [1.29, 1.82) is 0 Å². The van der Waals surface area contributed by atoms with E-state index in [4.69, 9.17) is 5.11 Å². The SMILES string of the molecule is CN1CCN(c2ccc(C=CC(=O)O)cc2)CC1=O. The highest BCUT2D eigenvalue weighted by atomic mass is 16.4. The summed E-state index contributed by atoms with van der Waals surface area (Å²) in [4.78, 5) is 25.8. The standard InChI is InChI=1S/C14H16N2O3/c1-15-8-9-16(10-13(15)17)12-5-2-11(3-6-12)4-7-14(18)19/h2-7H,8-10H2,1H3,(H,18,19). The molecule has 5 heteroatoms. The quantitative estimate of drug-likeness (QED) is 0.826. The van der Waals surface area contributed by atoms with Crippen molar-refractivity contribution in [1.82, 2.24) is 4.90 Å². The predicted molar refractivity (Wildman–Crippen MR) is 73.0 cm³/mol. The molecule has 1 aromatic carbocycles. The molecule has 0 bridgehead atoms. The second-order valence-corrected chi connectivity index (χ2v) is 4.50. The molecule has 0 aromatic heterocycles. The van der Waals surface area contributed by atoms with Gasteiger partial charge >= 0.3 is 5.97 Å². The number of piperazine rings is 1. The Morgan fingerprint density at radius 1 is 1.26 bits per heavy atom. The van der Waals surface area contributed by atoms with Crippen LogP contribution >= 0.6 is 0 Å². The highest BCUT2D eigenvalue weighted by Crippen LogP contribution is 2.18. The molecule has 0 radical (unpaired) electrons. The van der Waals surface area contributed by atoms with Gasteiger partial charge in [0.15, 0.2) is 0 Å². The Hall–Kier alpha value is -2.30. The second-order valence-electron chi connectivity index (χ2n) is 4.50. The second kappa shape index (κ2) is 5.56. The highest BCUT2D eigenvalue weighted by Gasteiger charge is 2.20. The van der Waals surface area contributed by atoms with Crippen molar-refractivity contribution in [2.75, 3.05) is 31.6 Å². The summed E-state index contributed by atoms with van der Waals surface area (Å²) in [5.41, 5.74) is 1.81.